The van der Waals surface area contributed by atoms with Crippen molar-refractivity contribution >= 4 is 5.91 Å². The van der Waals surface area contributed by atoms with Gasteiger partial charge in [-0.15, -0.1) is 0 Å². The fraction of sp³-hybridized carbons (Fsp3) is 0.606. The van der Waals surface area contributed by atoms with Crippen LogP contribution in [-0.4, -0.2) is 65.1 Å². The molecular formula is C33H41N3O2. The van der Waals surface area contributed by atoms with Crippen LogP contribution in [0.1, 0.15) is 66.9 Å². The Kier molecular flexibility index (Phi) is 5.14. The molecule has 8 rings (SSSR count). The molecule has 38 heavy (non-hydrogen) atoms. The lowest BCUT2D eigenvalue weighted by Crippen LogP contribution is -2.90. The molecule has 5 heteroatoms. The first-order chi connectivity index (χ1) is 18.6. The van der Waals surface area contributed by atoms with Crippen LogP contribution in [0.5, 0.6) is 5.75 Å². The molecule has 2 saturated carbocycles. The van der Waals surface area contributed by atoms with Crippen molar-refractivity contribution in [3.05, 3.63) is 65.2 Å². The molecule has 2 N–H and O–H groups in total. The lowest BCUT2D eigenvalue weighted by Gasteiger charge is -2.88. The number of phenolic OH excluding ortho intramolecular Hbond substituents is 1. The molecule has 8 atom stereocenters. The number of rotatable bonds is 4. The first kappa shape index (κ1) is 23.5. The maximum atomic E-state index is 13.9. The van der Waals surface area contributed by atoms with Crippen LogP contribution in [0.2, 0.25) is 0 Å². The van der Waals surface area contributed by atoms with E-state index < -0.39 is 0 Å². The number of fused-ring (bicyclic) bond motifs is 1. The zero-order chi connectivity index (χ0) is 25.6. The van der Waals surface area contributed by atoms with Crippen molar-refractivity contribution in [3.63, 3.8) is 0 Å². The van der Waals surface area contributed by atoms with Crippen molar-refractivity contribution in [1.29, 1.82) is 0 Å². The van der Waals surface area contributed by atoms with Gasteiger partial charge in [-0.05, 0) is 105 Å². The first-order valence-corrected chi connectivity index (χ1v) is 15.2. The number of nitrogens with zero attached hydrogens (tertiary/aromatic N) is 2. The van der Waals surface area contributed by atoms with Crippen LogP contribution in [0.25, 0.3) is 0 Å². The van der Waals surface area contributed by atoms with Crippen molar-refractivity contribution in [2.75, 3.05) is 26.2 Å². The van der Waals surface area contributed by atoms with E-state index >= 15 is 0 Å². The Bertz CT molecular complexity index is 1260. The van der Waals surface area contributed by atoms with Gasteiger partial charge in [0.25, 0.3) is 5.91 Å². The maximum Gasteiger partial charge on any atom is 0.254 e. The third kappa shape index (κ3) is 2.82. The van der Waals surface area contributed by atoms with Crippen molar-refractivity contribution < 1.29 is 9.90 Å². The summed E-state index contributed by atoms with van der Waals surface area (Å²) in [4.78, 5) is 19.0. The molecule has 3 heterocycles. The zero-order valence-corrected chi connectivity index (χ0v) is 22.6. The van der Waals surface area contributed by atoms with E-state index in [1.54, 1.807) is 0 Å². The highest BCUT2D eigenvalue weighted by Crippen LogP contribution is 2.84. The van der Waals surface area contributed by atoms with E-state index in [1.807, 2.05) is 36.4 Å². The SMILES string of the molecule is CCC1C2C3[C@@H](CN1C(=O)c1ccccc1)CC31C3Cc4ccc(O)cc4C21CCN3C[C@H]1CCCCN1. The predicted molar refractivity (Wildman–Crippen MR) is 148 cm³/mol. The Morgan fingerprint density at radius 1 is 1.13 bits per heavy atom. The number of benzene rings is 2. The Hall–Kier alpha value is -2.37. The minimum Gasteiger partial charge on any atom is -0.508 e. The number of piperidine rings is 3. The summed E-state index contributed by atoms with van der Waals surface area (Å²) >= 11 is 0. The van der Waals surface area contributed by atoms with Gasteiger partial charge in [-0.2, -0.15) is 0 Å². The monoisotopic (exact) mass is 511 g/mol. The summed E-state index contributed by atoms with van der Waals surface area (Å²) in [5.41, 5.74) is 4.09. The number of hydrogen-bond donors (Lipinski definition) is 2. The van der Waals surface area contributed by atoms with E-state index in [-0.39, 0.29) is 17.4 Å². The van der Waals surface area contributed by atoms with Gasteiger partial charge in [0.05, 0.1) is 0 Å². The Labute approximate surface area is 226 Å². The first-order valence-electron chi connectivity index (χ1n) is 15.2. The second-order valence-electron chi connectivity index (χ2n) is 13.3. The highest BCUT2D eigenvalue weighted by Gasteiger charge is 2.85. The van der Waals surface area contributed by atoms with E-state index in [1.165, 1.54) is 43.4 Å². The third-order valence-corrected chi connectivity index (χ3v) is 12.1. The van der Waals surface area contributed by atoms with Crippen LogP contribution in [0.3, 0.4) is 0 Å². The average molecular weight is 512 g/mol. The molecule has 6 aliphatic rings. The van der Waals surface area contributed by atoms with Gasteiger partial charge in [0, 0.05) is 47.6 Å². The second-order valence-corrected chi connectivity index (χ2v) is 13.3. The normalized spacial score (nSPS) is 40.7. The number of hydrogen-bond acceptors (Lipinski definition) is 4. The van der Waals surface area contributed by atoms with Gasteiger partial charge < -0.3 is 15.3 Å². The predicted octanol–water partition coefficient (Wildman–Crippen LogP) is 4.59. The van der Waals surface area contributed by atoms with Crippen LogP contribution in [0, 0.1) is 23.2 Å². The quantitative estimate of drug-likeness (QED) is 0.631. The number of carbonyl (C=O) groups is 1. The molecule has 200 valence electrons. The van der Waals surface area contributed by atoms with Crippen LogP contribution in [0.15, 0.2) is 48.5 Å². The van der Waals surface area contributed by atoms with E-state index in [2.05, 4.69) is 34.2 Å². The number of carbonyl (C=O) groups excluding carboxylic acids is 1. The second kappa shape index (κ2) is 8.32. The molecule has 5 nitrogen and oxygen atoms in total. The van der Waals surface area contributed by atoms with E-state index in [0.29, 0.717) is 41.0 Å². The summed E-state index contributed by atoms with van der Waals surface area (Å²) in [7, 11) is 0. The van der Waals surface area contributed by atoms with Crippen molar-refractivity contribution in [2.24, 2.45) is 23.2 Å². The fourth-order valence-corrected chi connectivity index (χ4v) is 11.0. The Morgan fingerprint density at radius 2 is 2.00 bits per heavy atom. The van der Waals surface area contributed by atoms with Crippen molar-refractivity contribution in [2.45, 2.75) is 75.4 Å². The van der Waals surface area contributed by atoms with E-state index in [4.69, 9.17) is 0 Å². The van der Waals surface area contributed by atoms with Gasteiger partial charge in [0.1, 0.15) is 5.75 Å². The van der Waals surface area contributed by atoms with Crippen LogP contribution in [0.4, 0.5) is 0 Å². The molecule has 3 aliphatic heterocycles. The van der Waals surface area contributed by atoms with Gasteiger partial charge in [0.15, 0.2) is 0 Å². The standard InChI is InChI=1S/C33H41N3O2/c1-2-27-30-29-23(19-36(27)31(38)21-8-4-3-5-9-21)18-33(29)28-16-22-11-12-25(37)17-26(22)32(30,33)13-15-35(28)20-24-10-6-7-14-34-24/h3-5,8-9,11-12,17,23-24,27-30,34,37H,2,6-7,10,13-16,18-20H2,1H3/t23-,24-,27?,28?,29?,30?,32?,33?/m1/s1. The van der Waals surface area contributed by atoms with Crippen molar-refractivity contribution in [3.8, 4) is 5.75 Å². The minimum atomic E-state index is 0.0813. The maximum absolute atomic E-state index is 13.9. The molecule has 0 aromatic heterocycles. The van der Waals surface area contributed by atoms with Gasteiger partial charge in [0.2, 0.25) is 0 Å². The van der Waals surface area contributed by atoms with Gasteiger partial charge >= 0.3 is 0 Å². The molecule has 1 spiro atoms. The smallest absolute Gasteiger partial charge is 0.254 e. The molecule has 2 bridgehead atoms. The fourth-order valence-electron chi connectivity index (χ4n) is 11.0. The summed E-state index contributed by atoms with van der Waals surface area (Å²) in [6, 6.07) is 17.6. The molecule has 0 radical (unpaired) electrons. The van der Waals surface area contributed by atoms with Gasteiger partial charge in [-0.1, -0.05) is 37.6 Å². The lowest BCUT2D eigenvalue weighted by molar-refractivity contribution is -0.349. The molecule has 3 aliphatic carbocycles. The van der Waals surface area contributed by atoms with Crippen molar-refractivity contribution in [1.82, 2.24) is 15.1 Å². The summed E-state index contributed by atoms with van der Waals surface area (Å²) in [6.07, 6.45) is 8.47. The number of phenols is 1. The molecule has 1 amide bonds. The minimum absolute atomic E-state index is 0.0813. The highest BCUT2D eigenvalue weighted by molar-refractivity contribution is 5.94. The molecular weight excluding hydrogens is 470 g/mol. The van der Waals surface area contributed by atoms with Crippen LogP contribution < -0.4 is 5.32 Å². The Morgan fingerprint density at radius 3 is 2.79 bits per heavy atom. The van der Waals surface area contributed by atoms with Gasteiger partial charge in [-0.3, -0.25) is 9.69 Å². The average Bonchev–Trinajstić information content (AvgIpc) is 2.93. The molecule has 2 aromatic carbocycles. The number of likely N-dealkylation sites (tertiary alicyclic amines) is 2. The van der Waals surface area contributed by atoms with E-state index in [9.17, 15) is 9.90 Å². The summed E-state index contributed by atoms with van der Waals surface area (Å²) in [6.45, 7) is 6.68. The largest absolute Gasteiger partial charge is 0.508 e. The Balaban J connectivity index is 1.21. The van der Waals surface area contributed by atoms with Crippen LogP contribution in [-0.2, 0) is 11.8 Å². The zero-order valence-electron chi connectivity index (χ0n) is 22.6. The van der Waals surface area contributed by atoms with Gasteiger partial charge in [-0.25, -0.2) is 0 Å². The number of nitrogens with one attached hydrogen (secondary N) is 1. The summed E-state index contributed by atoms with van der Waals surface area (Å²) < 4.78 is 0. The molecule has 2 aromatic rings. The number of amides is 1. The summed E-state index contributed by atoms with van der Waals surface area (Å²) in [5.74, 6) is 2.42. The topological polar surface area (TPSA) is 55.8 Å². The van der Waals surface area contributed by atoms with E-state index in [0.717, 1.165) is 44.5 Å². The molecule has 6 unspecified atom stereocenters. The lowest BCUT2D eigenvalue weighted by atomic mass is 9.20. The highest BCUT2D eigenvalue weighted by atomic mass is 16.3. The molecule has 5 fully saturated rings. The molecule has 3 saturated heterocycles. The third-order valence-electron chi connectivity index (χ3n) is 12.1. The van der Waals surface area contributed by atoms with Crippen LogP contribution >= 0.6 is 0 Å². The summed E-state index contributed by atoms with van der Waals surface area (Å²) in [5, 5.41) is 14.5. The number of aromatic hydroxyl groups is 1.